The summed E-state index contributed by atoms with van der Waals surface area (Å²) >= 11 is 0. The van der Waals surface area contributed by atoms with Gasteiger partial charge in [0, 0.05) is 25.7 Å². The summed E-state index contributed by atoms with van der Waals surface area (Å²) in [6.45, 7) is 10.6. The lowest BCUT2D eigenvalue weighted by atomic mass is 9.87. The minimum atomic E-state index is 0.108. The van der Waals surface area contributed by atoms with Crippen molar-refractivity contribution in [3.05, 3.63) is 29.8 Å². The lowest BCUT2D eigenvalue weighted by molar-refractivity contribution is -0.135. The Bertz CT molecular complexity index is 547. The van der Waals surface area contributed by atoms with Gasteiger partial charge in [0.25, 0.3) is 5.91 Å². The van der Waals surface area contributed by atoms with Crippen LogP contribution in [0.15, 0.2) is 24.3 Å². The van der Waals surface area contributed by atoms with Crippen molar-refractivity contribution < 1.29 is 9.53 Å². The quantitative estimate of drug-likeness (QED) is 0.859. The second-order valence-electron chi connectivity index (χ2n) is 7.73. The smallest absolute Gasteiger partial charge is 0.260 e. The van der Waals surface area contributed by atoms with Gasteiger partial charge in [-0.1, -0.05) is 32.9 Å². The lowest BCUT2D eigenvalue weighted by Crippen LogP contribution is -2.53. The largest absolute Gasteiger partial charge is 0.484 e. The van der Waals surface area contributed by atoms with E-state index < -0.39 is 0 Å². The Labute approximate surface area is 139 Å². The highest BCUT2D eigenvalue weighted by Gasteiger charge is 2.32. The zero-order chi connectivity index (χ0) is 16.4. The van der Waals surface area contributed by atoms with Crippen LogP contribution >= 0.6 is 0 Å². The molecule has 0 bridgehead atoms. The predicted octanol–water partition coefficient (Wildman–Crippen LogP) is 2.67. The van der Waals surface area contributed by atoms with Crippen LogP contribution in [0.1, 0.15) is 39.2 Å². The molecule has 2 fully saturated rings. The molecule has 2 saturated heterocycles. The van der Waals surface area contributed by atoms with Gasteiger partial charge in [-0.05, 0) is 42.5 Å². The van der Waals surface area contributed by atoms with Gasteiger partial charge in [0.15, 0.2) is 6.61 Å². The minimum Gasteiger partial charge on any atom is -0.484 e. The van der Waals surface area contributed by atoms with Crippen LogP contribution in [-0.2, 0) is 10.2 Å². The number of carbonyl (C=O) groups is 1. The summed E-state index contributed by atoms with van der Waals surface area (Å²) in [6.07, 6.45) is 2.49. The molecule has 1 atom stereocenters. The van der Waals surface area contributed by atoms with E-state index in [-0.39, 0.29) is 17.9 Å². The van der Waals surface area contributed by atoms with Gasteiger partial charge in [-0.25, -0.2) is 0 Å². The number of hydrogen-bond acceptors (Lipinski definition) is 3. The molecule has 23 heavy (non-hydrogen) atoms. The van der Waals surface area contributed by atoms with Crippen LogP contribution in [0.4, 0.5) is 0 Å². The average Bonchev–Trinajstić information content (AvgIpc) is 2.99. The molecule has 0 N–H and O–H groups in total. The van der Waals surface area contributed by atoms with Crippen LogP contribution in [0, 0.1) is 0 Å². The number of hydrogen-bond donors (Lipinski definition) is 0. The Balaban J connectivity index is 1.51. The first-order chi connectivity index (χ1) is 10.9. The Hall–Kier alpha value is -1.55. The summed E-state index contributed by atoms with van der Waals surface area (Å²) < 4.78 is 5.70. The fourth-order valence-corrected chi connectivity index (χ4v) is 3.51. The van der Waals surface area contributed by atoms with E-state index >= 15 is 0 Å². The Morgan fingerprint density at radius 3 is 2.61 bits per heavy atom. The molecule has 2 aliphatic heterocycles. The maximum Gasteiger partial charge on any atom is 0.260 e. The molecule has 1 aromatic rings. The van der Waals surface area contributed by atoms with E-state index in [2.05, 4.69) is 37.8 Å². The molecule has 1 amide bonds. The number of amides is 1. The number of fused-ring (bicyclic) bond motifs is 1. The first-order valence-electron chi connectivity index (χ1n) is 8.69. The standard InChI is InChI=1S/C19H28N2O2/c1-19(2,3)15-6-8-17(9-7-15)23-14-18(22)21-12-11-20-10-4-5-16(20)13-21/h6-9,16H,4-5,10-14H2,1-3H3. The third-order valence-corrected chi connectivity index (χ3v) is 5.02. The second kappa shape index (κ2) is 6.52. The summed E-state index contributed by atoms with van der Waals surface area (Å²) in [5.74, 6) is 0.877. The van der Waals surface area contributed by atoms with Crippen LogP contribution in [0.25, 0.3) is 0 Å². The number of benzene rings is 1. The van der Waals surface area contributed by atoms with Crippen molar-refractivity contribution in [1.29, 1.82) is 0 Å². The van der Waals surface area contributed by atoms with Crippen molar-refractivity contribution >= 4 is 5.91 Å². The van der Waals surface area contributed by atoms with Crippen LogP contribution in [0.3, 0.4) is 0 Å². The van der Waals surface area contributed by atoms with Crippen molar-refractivity contribution in [2.75, 3.05) is 32.8 Å². The summed E-state index contributed by atoms with van der Waals surface area (Å²) in [4.78, 5) is 16.8. The van der Waals surface area contributed by atoms with Crippen LogP contribution in [0.5, 0.6) is 5.75 Å². The van der Waals surface area contributed by atoms with Crippen molar-refractivity contribution in [2.24, 2.45) is 0 Å². The number of carbonyl (C=O) groups excluding carboxylic acids is 1. The second-order valence-corrected chi connectivity index (χ2v) is 7.73. The normalized spacial score (nSPS) is 22.0. The molecule has 1 aromatic carbocycles. The van der Waals surface area contributed by atoms with E-state index in [0.29, 0.717) is 6.04 Å². The molecule has 0 saturated carbocycles. The highest BCUT2D eigenvalue weighted by molar-refractivity contribution is 5.78. The maximum atomic E-state index is 12.4. The van der Waals surface area contributed by atoms with E-state index in [4.69, 9.17) is 4.74 Å². The fourth-order valence-electron chi connectivity index (χ4n) is 3.51. The molecule has 1 unspecified atom stereocenters. The number of piperazine rings is 1. The topological polar surface area (TPSA) is 32.8 Å². The summed E-state index contributed by atoms with van der Waals surface area (Å²) in [7, 11) is 0. The van der Waals surface area contributed by atoms with E-state index in [1.54, 1.807) is 0 Å². The highest BCUT2D eigenvalue weighted by Crippen LogP contribution is 2.24. The molecule has 4 heteroatoms. The van der Waals surface area contributed by atoms with E-state index in [1.807, 2.05) is 17.0 Å². The molecular formula is C19H28N2O2. The van der Waals surface area contributed by atoms with Gasteiger partial charge >= 0.3 is 0 Å². The zero-order valence-electron chi connectivity index (χ0n) is 14.5. The van der Waals surface area contributed by atoms with Crippen molar-refractivity contribution in [3.63, 3.8) is 0 Å². The number of ether oxygens (including phenoxy) is 1. The maximum absolute atomic E-state index is 12.4. The molecule has 2 aliphatic rings. The Kier molecular flexibility index (Phi) is 4.62. The highest BCUT2D eigenvalue weighted by atomic mass is 16.5. The average molecular weight is 316 g/mol. The third-order valence-electron chi connectivity index (χ3n) is 5.02. The van der Waals surface area contributed by atoms with Crippen molar-refractivity contribution in [2.45, 2.75) is 45.1 Å². The van der Waals surface area contributed by atoms with Gasteiger partial charge in [-0.15, -0.1) is 0 Å². The Morgan fingerprint density at radius 1 is 1.17 bits per heavy atom. The molecular weight excluding hydrogens is 288 g/mol. The van der Waals surface area contributed by atoms with Gasteiger partial charge in [-0.2, -0.15) is 0 Å². The van der Waals surface area contributed by atoms with Gasteiger partial charge in [0.05, 0.1) is 0 Å². The first kappa shape index (κ1) is 16.3. The van der Waals surface area contributed by atoms with Gasteiger partial charge in [0.2, 0.25) is 0 Å². The molecule has 4 nitrogen and oxygen atoms in total. The van der Waals surface area contributed by atoms with Crippen molar-refractivity contribution in [1.82, 2.24) is 9.80 Å². The first-order valence-corrected chi connectivity index (χ1v) is 8.69. The molecule has 3 rings (SSSR count). The summed E-state index contributed by atoms with van der Waals surface area (Å²) in [6, 6.07) is 8.65. The molecule has 126 valence electrons. The molecule has 0 spiro atoms. The third kappa shape index (κ3) is 3.86. The fraction of sp³-hybridized carbons (Fsp3) is 0.632. The SMILES string of the molecule is CC(C)(C)c1ccc(OCC(=O)N2CCN3CCCC3C2)cc1. The molecule has 0 aliphatic carbocycles. The van der Waals surface area contributed by atoms with E-state index in [1.165, 1.54) is 24.9 Å². The van der Waals surface area contributed by atoms with E-state index in [0.717, 1.165) is 25.4 Å². The van der Waals surface area contributed by atoms with Crippen LogP contribution in [0.2, 0.25) is 0 Å². The zero-order valence-corrected chi connectivity index (χ0v) is 14.5. The van der Waals surface area contributed by atoms with Gasteiger partial charge in [0.1, 0.15) is 5.75 Å². The minimum absolute atomic E-state index is 0.108. The molecule has 2 heterocycles. The lowest BCUT2D eigenvalue weighted by Gasteiger charge is -2.37. The summed E-state index contributed by atoms with van der Waals surface area (Å²) in [5.41, 5.74) is 1.41. The predicted molar refractivity (Wildman–Crippen MR) is 91.8 cm³/mol. The van der Waals surface area contributed by atoms with Gasteiger partial charge in [-0.3, -0.25) is 9.69 Å². The number of nitrogens with zero attached hydrogens (tertiary/aromatic N) is 2. The molecule has 0 radical (unpaired) electrons. The Morgan fingerprint density at radius 2 is 1.91 bits per heavy atom. The monoisotopic (exact) mass is 316 g/mol. The number of rotatable bonds is 3. The van der Waals surface area contributed by atoms with Crippen molar-refractivity contribution in [3.8, 4) is 5.75 Å². The van der Waals surface area contributed by atoms with Crippen LogP contribution < -0.4 is 4.74 Å². The van der Waals surface area contributed by atoms with Crippen LogP contribution in [-0.4, -0.2) is 54.5 Å². The van der Waals surface area contributed by atoms with E-state index in [9.17, 15) is 4.79 Å². The summed E-state index contributed by atoms with van der Waals surface area (Å²) in [5, 5.41) is 0. The van der Waals surface area contributed by atoms with Gasteiger partial charge < -0.3 is 9.64 Å². The molecule has 0 aromatic heterocycles.